The molecule has 0 saturated heterocycles. The van der Waals surface area contributed by atoms with Crippen molar-refractivity contribution in [3.8, 4) is 0 Å². The molecule has 3 aromatic rings. The average molecular weight is 319 g/mol. The summed E-state index contributed by atoms with van der Waals surface area (Å²) >= 11 is 7.69. The van der Waals surface area contributed by atoms with Gasteiger partial charge in [-0.15, -0.1) is 11.8 Å². The van der Waals surface area contributed by atoms with E-state index in [-0.39, 0.29) is 0 Å². The van der Waals surface area contributed by atoms with Crippen LogP contribution in [0.5, 0.6) is 0 Å². The zero-order valence-electron chi connectivity index (χ0n) is 11.5. The Kier molecular flexibility index (Phi) is 4.24. The average Bonchev–Trinajstić information content (AvgIpc) is 2.92. The monoisotopic (exact) mass is 318 g/mol. The maximum atomic E-state index is 10.3. The van der Waals surface area contributed by atoms with E-state index in [2.05, 4.69) is 31.2 Å². The van der Waals surface area contributed by atoms with Gasteiger partial charge < -0.3 is 9.52 Å². The first-order valence-electron chi connectivity index (χ1n) is 6.69. The Bertz CT molecular complexity index is 749. The number of halogens is 1. The number of hydrogen-bond acceptors (Lipinski definition) is 3. The van der Waals surface area contributed by atoms with Gasteiger partial charge in [-0.1, -0.05) is 41.4 Å². The van der Waals surface area contributed by atoms with Gasteiger partial charge in [-0.05, 0) is 31.2 Å². The molecule has 0 spiro atoms. The van der Waals surface area contributed by atoms with Crippen LogP contribution in [0.3, 0.4) is 0 Å². The van der Waals surface area contributed by atoms with E-state index in [0.717, 1.165) is 10.3 Å². The van der Waals surface area contributed by atoms with Gasteiger partial charge in [0.2, 0.25) is 0 Å². The number of para-hydroxylation sites is 1. The van der Waals surface area contributed by atoms with Crippen molar-refractivity contribution in [3.63, 3.8) is 0 Å². The Morgan fingerprint density at radius 1 is 1.19 bits per heavy atom. The predicted molar refractivity (Wildman–Crippen MR) is 88.1 cm³/mol. The van der Waals surface area contributed by atoms with Crippen LogP contribution in [-0.4, -0.2) is 10.9 Å². The molecular weight excluding hydrogens is 304 g/mol. The van der Waals surface area contributed by atoms with Crippen LogP contribution < -0.4 is 0 Å². The third kappa shape index (κ3) is 3.26. The summed E-state index contributed by atoms with van der Waals surface area (Å²) in [6.07, 6.45) is -0.653. The lowest BCUT2D eigenvalue weighted by molar-refractivity contribution is 0.177. The second kappa shape index (κ2) is 6.14. The van der Waals surface area contributed by atoms with E-state index >= 15 is 0 Å². The zero-order valence-corrected chi connectivity index (χ0v) is 13.1. The van der Waals surface area contributed by atoms with Gasteiger partial charge in [0.15, 0.2) is 5.58 Å². The lowest BCUT2D eigenvalue weighted by atomic mass is 10.2. The Morgan fingerprint density at radius 3 is 2.67 bits per heavy atom. The van der Waals surface area contributed by atoms with Crippen LogP contribution in [0, 0.1) is 6.92 Å². The summed E-state index contributed by atoms with van der Waals surface area (Å²) in [5.74, 6) is 1.10. The van der Waals surface area contributed by atoms with Crippen LogP contribution >= 0.6 is 23.4 Å². The molecule has 1 N–H and O–H groups in total. The Hall–Kier alpha value is -1.42. The van der Waals surface area contributed by atoms with E-state index in [4.69, 9.17) is 16.0 Å². The molecule has 0 bridgehead atoms. The molecule has 3 rings (SSSR count). The predicted octanol–water partition coefficient (Wildman–Crippen LogP) is 5.22. The minimum Gasteiger partial charge on any atom is -0.457 e. The van der Waals surface area contributed by atoms with Crippen molar-refractivity contribution in [2.75, 3.05) is 5.75 Å². The Labute approximate surface area is 132 Å². The molecule has 21 heavy (non-hydrogen) atoms. The number of hydrogen-bond donors (Lipinski definition) is 1. The summed E-state index contributed by atoms with van der Waals surface area (Å²) in [4.78, 5) is 1.13. The molecule has 0 saturated carbocycles. The molecule has 4 heteroatoms. The third-order valence-electron chi connectivity index (χ3n) is 3.27. The van der Waals surface area contributed by atoms with Gasteiger partial charge in [-0.25, -0.2) is 0 Å². The first-order chi connectivity index (χ1) is 10.1. The van der Waals surface area contributed by atoms with Gasteiger partial charge in [-0.2, -0.15) is 0 Å². The molecule has 0 aliphatic rings. The number of thioether (sulfide) groups is 1. The summed E-state index contributed by atoms with van der Waals surface area (Å²) in [6.45, 7) is 2.06. The molecule has 0 aliphatic carbocycles. The summed E-state index contributed by atoms with van der Waals surface area (Å²) in [6, 6.07) is 15.7. The molecule has 2 nitrogen and oxygen atoms in total. The molecule has 0 fully saturated rings. The lowest BCUT2D eigenvalue weighted by Gasteiger charge is -2.07. The van der Waals surface area contributed by atoms with Crippen molar-refractivity contribution < 1.29 is 9.52 Å². The van der Waals surface area contributed by atoms with Crippen molar-refractivity contribution in [1.82, 2.24) is 0 Å². The number of furan rings is 1. The Balaban J connectivity index is 1.73. The Morgan fingerprint density at radius 2 is 1.95 bits per heavy atom. The number of fused-ring (bicyclic) bond motifs is 1. The second-order valence-electron chi connectivity index (χ2n) is 4.95. The lowest BCUT2D eigenvalue weighted by Crippen LogP contribution is -1.98. The molecule has 1 unspecified atom stereocenters. The van der Waals surface area contributed by atoms with E-state index in [1.54, 1.807) is 17.8 Å². The molecule has 2 aromatic carbocycles. The number of aliphatic hydroxyl groups excluding tert-OH is 1. The minimum absolute atomic E-state index is 0.542. The van der Waals surface area contributed by atoms with Crippen molar-refractivity contribution in [1.29, 1.82) is 0 Å². The molecule has 0 radical (unpaired) electrons. The highest BCUT2D eigenvalue weighted by Gasteiger charge is 2.15. The van der Waals surface area contributed by atoms with E-state index in [0.29, 0.717) is 22.1 Å². The molecule has 0 amide bonds. The second-order valence-corrected chi connectivity index (χ2v) is 6.45. The van der Waals surface area contributed by atoms with Gasteiger partial charge >= 0.3 is 0 Å². The van der Waals surface area contributed by atoms with Crippen molar-refractivity contribution in [2.24, 2.45) is 0 Å². The maximum Gasteiger partial charge on any atom is 0.152 e. The van der Waals surface area contributed by atoms with Crippen molar-refractivity contribution in [3.05, 3.63) is 64.9 Å². The molecule has 108 valence electrons. The first kappa shape index (κ1) is 14.5. The van der Waals surface area contributed by atoms with E-state index in [1.165, 1.54) is 5.56 Å². The zero-order chi connectivity index (χ0) is 14.8. The number of aliphatic hydroxyl groups is 1. The van der Waals surface area contributed by atoms with Gasteiger partial charge in [0.25, 0.3) is 0 Å². The first-order valence-corrected chi connectivity index (χ1v) is 8.05. The van der Waals surface area contributed by atoms with E-state index in [9.17, 15) is 5.11 Å². The van der Waals surface area contributed by atoms with Gasteiger partial charge in [-0.3, -0.25) is 0 Å². The SMILES string of the molecule is Cc1ccc(SCC(O)c2cc3cccc(Cl)c3o2)cc1. The van der Waals surface area contributed by atoms with Crippen LogP contribution in [0.2, 0.25) is 5.02 Å². The largest absolute Gasteiger partial charge is 0.457 e. The normalized spacial score (nSPS) is 12.7. The van der Waals surface area contributed by atoms with Crippen LogP contribution in [-0.2, 0) is 0 Å². The van der Waals surface area contributed by atoms with Gasteiger partial charge in [0.05, 0.1) is 5.02 Å². The summed E-state index contributed by atoms with van der Waals surface area (Å²) in [5.41, 5.74) is 1.86. The summed E-state index contributed by atoms with van der Waals surface area (Å²) in [5, 5.41) is 11.8. The highest BCUT2D eigenvalue weighted by molar-refractivity contribution is 7.99. The fourth-order valence-corrected chi connectivity index (χ4v) is 3.17. The standard InChI is InChI=1S/C17H15ClO2S/c1-11-5-7-13(8-6-11)21-10-15(19)16-9-12-3-2-4-14(18)17(12)20-16/h2-9,15,19H,10H2,1H3. The molecular formula is C17H15ClO2S. The topological polar surface area (TPSA) is 33.4 Å². The fourth-order valence-electron chi connectivity index (χ4n) is 2.10. The number of rotatable bonds is 4. The molecule has 1 aromatic heterocycles. The summed E-state index contributed by atoms with van der Waals surface area (Å²) in [7, 11) is 0. The molecule has 0 aliphatic heterocycles. The third-order valence-corrected chi connectivity index (χ3v) is 4.66. The quantitative estimate of drug-likeness (QED) is 0.669. The van der Waals surface area contributed by atoms with Gasteiger partial charge in [0, 0.05) is 16.0 Å². The number of aryl methyl sites for hydroxylation is 1. The highest BCUT2D eigenvalue weighted by atomic mass is 35.5. The van der Waals surface area contributed by atoms with Crippen LogP contribution in [0.25, 0.3) is 11.0 Å². The smallest absolute Gasteiger partial charge is 0.152 e. The van der Waals surface area contributed by atoms with Crippen molar-refractivity contribution >= 4 is 34.3 Å². The minimum atomic E-state index is -0.653. The van der Waals surface area contributed by atoms with Crippen LogP contribution in [0.1, 0.15) is 17.4 Å². The maximum absolute atomic E-state index is 10.3. The summed E-state index contributed by atoms with van der Waals surface area (Å²) < 4.78 is 5.67. The van der Waals surface area contributed by atoms with Gasteiger partial charge in [0.1, 0.15) is 11.9 Å². The van der Waals surface area contributed by atoms with E-state index < -0.39 is 6.10 Å². The fraction of sp³-hybridized carbons (Fsp3) is 0.176. The van der Waals surface area contributed by atoms with Crippen LogP contribution in [0.15, 0.2) is 57.8 Å². The molecule has 1 heterocycles. The van der Waals surface area contributed by atoms with Crippen molar-refractivity contribution in [2.45, 2.75) is 17.9 Å². The highest BCUT2D eigenvalue weighted by Crippen LogP contribution is 2.31. The van der Waals surface area contributed by atoms with Crippen LogP contribution in [0.4, 0.5) is 0 Å². The van der Waals surface area contributed by atoms with E-state index in [1.807, 2.05) is 18.2 Å². The number of benzene rings is 2. The molecule has 1 atom stereocenters.